The highest BCUT2D eigenvalue weighted by Gasteiger charge is 2.07. The summed E-state index contributed by atoms with van der Waals surface area (Å²) in [6.45, 7) is 1.91. The Bertz CT molecular complexity index is 580. The Balaban J connectivity index is 1.93. The van der Waals surface area contributed by atoms with Crippen LogP contribution in [0.15, 0.2) is 45.7 Å². The Kier molecular flexibility index (Phi) is 4.87. The predicted molar refractivity (Wildman–Crippen MR) is 81.8 cm³/mol. The molecule has 1 N–H and O–H groups in total. The van der Waals surface area contributed by atoms with Crippen molar-refractivity contribution in [3.63, 3.8) is 0 Å². The molecule has 0 aromatic carbocycles. The number of carbonyl (C=O) groups excluding carboxylic acids is 1. The van der Waals surface area contributed by atoms with Gasteiger partial charge < -0.3 is 5.32 Å². The van der Waals surface area contributed by atoms with Gasteiger partial charge in [-0.1, -0.05) is 6.07 Å². The molecule has 2 rings (SSSR count). The van der Waals surface area contributed by atoms with Gasteiger partial charge in [0.2, 0.25) is 5.91 Å². The molecule has 3 nitrogen and oxygen atoms in total. The summed E-state index contributed by atoms with van der Waals surface area (Å²) in [7, 11) is 0. The van der Waals surface area contributed by atoms with E-state index in [-0.39, 0.29) is 11.9 Å². The summed E-state index contributed by atoms with van der Waals surface area (Å²) < 4.78 is 1.05. The molecule has 0 saturated carbocycles. The Hall–Kier alpha value is -1.46. The van der Waals surface area contributed by atoms with E-state index in [0.717, 1.165) is 15.0 Å². The van der Waals surface area contributed by atoms with Crippen LogP contribution >= 0.6 is 27.3 Å². The van der Waals surface area contributed by atoms with E-state index in [9.17, 15) is 4.79 Å². The molecule has 0 aliphatic carbocycles. The first-order valence-corrected chi connectivity index (χ1v) is 7.46. The van der Waals surface area contributed by atoms with Gasteiger partial charge in [-0.05, 0) is 58.1 Å². The number of amides is 1. The van der Waals surface area contributed by atoms with Crippen molar-refractivity contribution in [1.82, 2.24) is 10.3 Å². The van der Waals surface area contributed by atoms with Crippen molar-refractivity contribution in [3.8, 4) is 0 Å². The Morgan fingerprint density at radius 2 is 2.37 bits per heavy atom. The van der Waals surface area contributed by atoms with Gasteiger partial charge in [0, 0.05) is 12.3 Å². The first-order valence-electron chi connectivity index (χ1n) is 5.78. The Labute approximate surface area is 124 Å². The summed E-state index contributed by atoms with van der Waals surface area (Å²) in [4.78, 5) is 16.0. The predicted octanol–water partition coefficient (Wildman–Crippen LogP) is 3.80. The van der Waals surface area contributed by atoms with E-state index in [1.807, 2.05) is 36.6 Å². The molecular weight excluding hydrogens is 324 g/mol. The van der Waals surface area contributed by atoms with E-state index in [0.29, 0.717) is 0 Å². The lowest BCUT2D eigenvalue weighted by Crippen LogP contribution is -2.25. The zero-order valence-corrected chi connectivity index (χ0v) is 12.7. The topological polar surface area (TPSA) is 42.0 Å². The van der Waals surface area contributed by atoms with Crippen LogP contribution < -0.4 is 5.32 Å². The molecule has 2 aromatic rings. The highest BCUT2D eigenvalue weighted by Crippen LogP contribution is 2.21. The van der Waals surface area contributed by atoms with E-state index in [2.05, 4.69) is 26.2 Å². The second kappa shape index (κ2) is 6.63. The fourth-order valence-electron chi connectivity index (χ4n) is 1.55. The molecule has 0 saturated heterocycles. The molecule has 0 radical (unpaired) electrons. The van der Waals surface area contributed by atoms with Crippen molar-refractivity contribution < 1.29 is 4.79 Å². The molecule has 0 aliphatic rings. The third kappa shape index (κ3) is 4.29. The molecule has 1 amide bonds. The van der Waals surface area contributed by atoms with Crippen LogP contribution in [0.4, 0.5) is 0 Å². The summed E-state index contributed by atoms with van der Waals surface area (Å²) in [5.74, 6) is -0.125. The van der Waals surface area contributed by atoms with Crippen molar-refractivity contribution >= 4 is 39.2 Å². The monoisotopic (exact) mass is 336 g/mol. The van der Waals surface area contributed by atoms with Gasteiger partial charge in [0.1, 0.15) is 0 Å². The highest BCUT2D eigenvalue weighted by molar-refractivity contribution is 9.11. The lowest BCUT2D eigenvalue weighted by molar-refractivity contribution is -0.117. The maximum Gasteiger partial charge on any atom is 0.244 e. The van der Waals surface area contributed by atoms with Crippen LogP contribution in [0.5, 0.6) is 0 Å². The molecule has 0 aliphatic heterocycles. The molecule has 98 valence electrons. The number of hydrogen-bond acceptors (Lipinski definition) is 3. The van der Waals surface area contributed by atoms with E-state index >= 15 is 0 Å². The minimum absolute atomic E-state index is 0.104. The van der Waals surface area contributed by atoms with E-state index in [1.54, 1.807) is 23.6 Å². The third-order valence-corrected chi connectivity index (χ3v) is 4.03. The van der Waals surface area contributed by atoms with Crippen LogP contribution in [0, 0.1) is 0 Å². The lowest BCUT2D eigenvalue weighted by atomic mass is 10.2. The number of aromatic nitrogens is 1. The second-order valence-electron chi connectivity index (χ2n) is 4.00. The number of pyridine rings is 1. The molecule has 0 spiro atoms. The summed E-state index contributed by atoms with van der Waals surface area (Å²) >= 11 is 4.98. The molecule has 0 bridgehead atoms. The smallest absolute Gasteiger partial charge is 0.244 e. The first-order chi connectivity index (χ1) is 9.15. The van der Waals surface area contributed by atoms with Gasteiger partial charge in [0.05, 0.1) is 15.5 Å². The van der Waals surface area contributed by atoms with Gasteiger partial charge in [0.25, 0.3) is 0 Å². The molecule has 5 heteroatoms. The number of thiophene rings is 1. The van der Waals surface area contributed by atoms with Gasteiger partial charge in [-0.3, -0.25) is 9.78 Å². The van der Waals surface area contributed by atoms with Gasteiger partial charge >= 0.3 is 0 Å². The largest absolute Gasteiger partial charge is 0.344 e. The van der Waals surface area contributed by atoms with Gasteiger partial charge in [-0.15, -0.1) is 11.3 Å². The van der Waals surface area contributed by atoms with Crippen LogP contribution in [0.3, 0.4) is 0 Å². The third-order valence-electron chi connectivity index (χ3n) is 2.51. The summed E-state index contributed by atoms with van der Waals surface area (Å²) in [6.07, 6.45) is 5.05. The fourth-order valence-corrected chi connectivity index (χ4v) is 2.69. The van der Waals surface area contributed by atoms with Crippen molar-refractivity contribution in [3.05, 3.63) is 57.0 Å². The van der Waals surface area contributed by atoms with Gasteiger partial charge in [-0.25, -0.2) is 0 Å². The maximum absolute atomic E-state index is 11.8. The summed E-state index contributed by atoms with van der Waals surface area (Å²) in [6, 6.07) is 7.52. The number of carbonyl (C=O) groups is 1. The normalized spacial score (nSPS) is 12.5. The zero-order chi connectivity index (χ0) is 13.7. The Morgan fingerprint density at radius 3 is 3.00 bits per heavy atom. The molecule has 19 heavy (non-hydrogen) atoms. The quantitative estimate of drug-likeness (QED) is 0.863. The molecule has 0 fully saturated rings. The molecule has 0 unspecified atom stereocenters. The van der Waals surface area contributed by atoms with Crippen molar-refractivity contribution in [2.75, 3.05) is 0 Å². The van der Waals surface area contributed by atoms with Crippen LogP contribution in [0.2, 0.25) is 0 Å². The van der Waals surface area contributed by atoms with Crippen molar-refractivity contribution in [2.24, 2.45) is 0 Å². The summed E-state index contributed by atoms with van der Waals surface area (Å²) in [5, 5.41) is 4.86. The van der Waals surface area contributed by atoms with E-state index in [1.165, 1.54) is 6.08 Å². The Morgan fingerprint density at radius 1 is 1.53 bits per heavy atom. The minimum Gasteiger partial charge on any atom is -0.344 e. The summed E-state index contributed by atoms with van der Waals surface area (Å²) in [5.41, 5.74) is 1.86. The number of halogens is 1. The van der Waals surface area contributed by atoms with Crippen LogP contribution in [-0.2, 0) is 4.79 Å². The maximum atomic E-state index is 11.8. The number of rotatable bonds is 4. The zero-order valence-electron chi connectivity index (χ0n) is 10.3. The van der Waals surface area contributed by atoms with Crippen molar-refractivity contribution in [2.45, 2.75) is 13.0 Å². The molecule has 2 heterocycles. The number of nitrogens with one attached hydrogen (secondary N) is 1. The molecule has 2 aromatic heterocycles. The fraction of sp³-hybridized carbons (Fsp3) is 0.143. The van der Waals surface area contributed by atoms with Crippen LogP contribution in [-0.4, -0.2) is 10.9 Å². The first kappa shape index (κ1) is 14.0. The SMILES string of the molecule is C[C@@H](NC(=O)/C=C/c1csc(Br)c1)c1ccccn1. The lowest BCUT2D eigenvalue weighted by Gasteiger charge is -2.11. The highest BCUT2D eigenvalue weighted by atomic mass is 79.9. The van der Waals surface area contributed by atoms with E-state index < -0.39 is 0 Å². The standard InChI is InChI=1S/C14H13BrN2OS/c1-10(12-4-2-3-7-16-12)17-14(18)6-5-11-8-13(15)19-9-11/h2-10H,1H3,(H,17,18)/b6-5+/t10-/m1/s1. The average Bonchev–Trinajstić information content (AvgIpc) is 2.83. The second-order valence-corrected chi connectivity index (χ2v) is 6.29. The van der Waals surface area contributed by atoms with Gasteiger partial charge in [0.15, 0.2) is 0 Å². The molecule has 1 atom stereocenters. The average molecular weight is 337 g/mol. The van der Waals surface area contributed by atoms with Crippen LogP contribution in [0.25, 0.3) is 6.08 Å². The minimum atomic E-state index is -0.125. The number of hydrogen-bond donors (Lipinski definition) is 1. The molecular formula is C14H13BrN2OS. The van der Waals surface area contributed by atoms with Crippen LogP contribution in [0.1, 0.15) is 24.2 Å². The number of nitrogens with zero attached hydrogens (tertiary/aromatic N) is 1. The van der Waals surface area contributed by atoms with Crippen molar-refractivity contribution in [1.29, 1.82) is 0 Å². The van der Waals surface area contributed by atoms with E-state index in [4.69, 9.17) is 0 Å². The van der Waals surface area contributed by atoms with Gasteiger partial charge in [-0.2, -0.15) is 0 Å².